The molecule has 4 heteroatoms. The van der Waals surface area contributed by atoms with Crippen molar-refractivity contribution in [1.29, 1.82) is 0 Å². The highest BCUT2D eigenvalue weighted by atomic mass is 16.3. The lowest BCUT2D eigenvalue weighted by Gasteiger charge is -2.16. The van der Waals surface area contributed by atoms with Crippen molar-refractivity contribution < 1.29 is 9.52 Å². The van der Waals surface area contributed by atoms with Gasteiger partial charge in [-0.2, -0.15) is 0 Å². The lowest BCUT2D eigenvalue weighted by Crippen LogP contribution is -2.26. The van der Waals surface area contributed by atoms with Crippen molar-refractivity contribution in [3.05, 3.63) is 30.2 Å². The number of fused-ring (bicyclic) bond motifs is 1. The van der Waals surface area contributed by atoms with Crippen molar-refractivity contribution in [2.75, 3.05) is 19.7 Å². The van der Waals surface area contributed by atoms with Crippen LogP contribution in [-0.2, 0) is 6.54 Å². The van der Waals surface area contributed by atoms with E-state index in [1.807, 2.05) is 24.3 Å². The van der Waals surface area contributed by atoms with Gasteiger partial charge in [0.15, 0.2) is 5.58 Å². The molecule has 0 atom stereocenters. The van der Waals surface area contributed by atoms with E-state index in [2.05, 4.69) is 16.8 Å². The molecule has 86 valence electrons. The fourth-order valence-electron chi connectivity index (χ4n) is 1.67. The van der Waals surface area contributed by atoms with E-state index in [9.17, 15) is 0 Å². The van der Waals surface area contributed by atoms with Crippen LogP contribution in [-0.4, -0.2) is 34.7 Å². The first-order chi connectivity index (χ1) is 7.83. The summed E-state index contributed by atoms with van der Waals surface area (Å²) in [5.41, 5.74) is 1.70. The summed E-state index contributed by atoms with van der Waals surface area (Å²) < 4.78 is 5.61. The Morgan fingerprint density at radius 2 is 2.19 bits per heavy atom. The van der Waals surface area contributed by atoms with Crippen LogP contribution in [0.25, 0.3) is 11.1 Å². The third kappa shape index (κ3) is 2.40. The maximum Gasteiger partial charge on any atom is 0.209 e. The van der Waals surface area contributed by atoms with Crippen LogP contribution >= 0.6 is 0 Å². The van der Waals surface area contributed by atoms with Gasteiger partial charge in [0.05, 0.1) is 13.2 Å². The van der Waals surface area contributed by atoms with Crippen LogP contribution in [0.4, 0.5) is 0 Å². The fourth-order valence-corrected chi connectivity index (χ4v) is 1.67. The number of hydrogen-bond donors (Lipinski definition) is 1. The summed E-state index contributed by atoms with van der Waals surface area (Å²) in [6.07, 6.45) is 0. The highest BCUT2D eigenvalue weighted by molar-refractivity contribution is 5.72. The summed E-state index contributed by atoms with van der Waals surface area (Å²) in [6, 6.07) is 7.72. The first-order valence-electron chi connectivity index (χ1n) is 5.51. The first-order valence-corrected chi connectivity index (χ1v) is 5.51. The lowest BCUT2D eigenvalue weighted by atomic mass is 10.3. The number of likely N-dealkylation sites (N-methyl/N-ethyl adjacent to an activating group) is 1. The number of oxazole rings is 1. The summed E-state index contributed by atoms with van der Waals surface area (Å²) in [7, 11) is 0. The van der Waals surface area contributed by atoms with Crippen molar-refractivity contribution in [2.45, 2.75) is 13.5 Å². The predicted octanol–water partition coefficient (Wildman–Crippen LogP) is 1.64. The maximum atomic E-state index is 8.89. The second-order valence-electron chi connectivity index (χ2n) is 3.67. The van der Waals surface area contributed by atoms with E-state index in [1.165, 1.54) is 0 Å². The topological polar surface area (TPSA) is 49.5 Å². The molecule has 4 nitrogen and oxygen atoms in total. The average molecular weight is 220 g/mol. The van der Waals surface area contributed by atoms with Gasteiger partial charge in [0.25, 0.3) is 0 Å². The molecule has 1 heterocycles. The minimum Gasteiger partial charge on any atom is -0.439 e. The molecule has 16 heavy (non-hydrogen) atoms. The zero-order valence-electron chi connectivity index (χ0n) is 9.39. The molecule has 0 aliphatic rings. The minimum atomic E-state index is 0.161. The minimum absolute atomic E-state index is 0.161. The molecule has 0 aliphatic carbocycles. The lowest BCUT2D eigenvalue weighted by molar-refractivity contribution is 0.186. The molecule has 0 spiro atoms. The summed E-state index contributed by atoms with van der Waals surface area (Å²) in [4.78, 5) is 6.48. The van der Waals surface area contributed by atoms with Crippen molar-refractivity contribution >= 4 is 11.1 Å². The predicted molar refractivity (Wildman–Crippen MR) is 62.0 cm³/mol. The van der Waals surface area contributed by atoms with E-state index >= 15 is 0 Å². The summed E-state index contributed by atoms with van der Waals surface area (Å²) >= 11 is 0. The fraction of sp³-hybridized carbons (Fsp3) is 0.417. The zero-order valence-corrected chi connectivity index (χ0v) is 9.39. The molecule has 1 aromatic carbocycles. The number of aliphatic hydroxyl groups excluding tert-OH is 1. The second kappa shape index (κ2) is 5.09. The standard InChI is InChI=1S/C12H16N2O2/c1-2-14(7-8-15)9-12-13-10-5-3-4-6-11(10)16-12/h3-6,15H,2,7-9H2,1H3. The van der Waals surface area contributed by atoms with E-state index in [1.54, 1.807) is 0 Å². The molecule has 0 amide bonds. The van der Waals surface area contributed by atoms with E-state index in [0.717, 1.165) is 17.6 Å². The molecule has 0 bridgehead atoms. The SMILES string of the molecule is CCN(CCO)Cc1nc2ccccc2o1. The summed E-state index contributed by atoms with van der Waals surface area (Å²) in [6.45, 7) is 4.38. The molecular weight excluding hydrogens is 204 g/mol. The molecule has 0 unspecified atom stereocenters. The van der Waals surface area contributed by atoms with Crippen molar-refractivity contribution in [1.82, 2.24) is 9.88 Å². The number of hydrogen-bond acceptors (Lipinski definition) is 4. The van der Waals surface area contributed by atoms with Crippen LogP contribution < -0.4 is 0 Å². The Labute approximate surface area is 94.5 Å². The Hall–Kier alpha value is -1.39. The quantitative estimate of drug-likeness (QED) is 0.832. The molecule has 2 rings (SSSR count). The van der Waals surface area contributed by atoms with Crippen molar-refractivity contribution in [3.8, 4) is 0 Å². The molecule has 0 saturated heterocycles. The Morgan fingerprint density at radius 1 is 1.38 bits per heavy atom. The van der Waals surface area contributed by atoms with Crippen molar-refractivity contribution in [3.63, 3.8) is 0 Å². The van der Waals surface area contributed by atoms with E-state index in [-0.39, 0.29) is 6.61 Å². The molecule has 0 saturated carbocycles. The third-order valence-electron chi connectivity index (χ3n) is 2.56. The van der Waals surface area contributed by atoms with Gasteiger partial charge in [0.2, 0.25) is 5.89 Å². The van der Waals surface area contributed by atoms with E-state index < -0.39 is 0 Å². The summed E-state index contributed by atoms with van der Waals surface area (Å²) in [5.74, 6) is 0.705. The Balaban J connectivity index is 2.14. The average Bonchev–Trinajstić information content (AvgIpc) is 2.70. The van der Waals surface area contributed by atoms with Crippen molar-refractivity contribution in [2.24, 2.45) is 0 Å². The monoisotopic (exact) mass is 220 g/mol. The number of aliphatic hydroxyl groups is 1. The van der Waals surface area contributed by atoms with Crippen LogP contribution in [0.15, 0.2) is 28.7 Å². The van der Waals surface area contributed by atoms with Crippen LogP contribution in [0.5, 0.6) is 0 Å². The molecule has 1 aromatic heterocycles. The first kappa shape index (κ1) is 11.1. The molecule has 0 radical (unpaired) electrons. The van der Waals surface area contributed by atoms with Gasteiger partial charge in [-0.25, -0.2) is 4.98 Å². The van der Waals surface area contributed by atoms with Crippen LogP contribution in [0.1, 0.15) is 12.8 Å². The van der Waals surface area contributed by atoms with Gasteiger partial charge in [-0.15, -0.1) is 0 Å². The van der Waals surface area contributed by atoms with Gasteiger partial charge < -0.3 is 9.52 Å². The van der Waals surface area contributed by atoms with Crippen LogP contribution in [0.2, 0.25) is 0 Å². The van der Waals surface area contributed by atoms with E-state index in [4.69, 9.17) is 9.52 Å². The maximum absolute atomic E-state index is 8.89. The normalized spacial score (nSPS) is 11.4. The Bertz CT molecular complexity index is 420. The summed E-state index contributed by atoms with van der Waals surface area (Å²) in [5, 5.41) is 8.89. The molecular formula is C12H16N2O2. The van der Waals surface area contributed by atoms with Crippen LogP contribution in [0.3, 0.4) is 0 Å². The highest BCUT2D eigenvalue weighted by Gasteiger charge is 2.09. The molecule has 1 N–H and O–H groups in total. The smallest absolute Gasteiger partial charge is 0.209 e. The van der Waals surface area contributed by atoms with Crippen LogP contribution in [0, 0.1) is 0 Å². The third-order valence-corrected chi connectivity index (χ3v) is 2.56. The number of benzene rings is 1. The zero-order chi connectivity index (χ0) is 11.4. The van der Waals surface area contributed by atoms with Gasteiger partial charge in [-0.05, 0) is 18.7 Å². The highest BCUT2D eigenvalue weighted by Crippen LogP contribution is 2.15. The molecule has 0 aliphatic heterocycles. The molecule has 2 aromatic rings. The number of para-hydroxylation sites is 2. The molecule has 0 fully saturated rings. The van der Waals surface area contributed by atoms with Gasteiger partial charge >= 0.3 is 0 Å². The second-order valence-corrected chi connectivity index (χ2v) is 3.67. The Kier molecular flexibility index (Phi) is 3.54. The van der Waals surface area contributed by atoms with Gasteiger partial charge in [-0.1, -0.05) is 19.1 Å². The van der Waals surface area contributed by atoms with E-state index in [0.29, 0.717) is 19.0 Å². The number of aromatic nitrogens is 1. The van der Waals surface area contributed by atoms with Gasteiger partial charge in [0, 0.05) is 6.54 Å². The van der Waals surface area contributed by atoms with Gasteiger partial charge in [0.1, 0.15) is 5.52 Å². The number of nitrogens with zero attached hydrogens (tertiary/aromatic N) is 2. The van der Waals surface area contributed by atoms with Gasteiger partial charge in [-0.3, -0.25) is 4.90 Å². The largest absolute Gasteiger partial charge is 0.439 e. The Morgan fingerprint density at radius 3 is 2.88 bits per heavy atom. The number of rotatable bonds is 5.